The predicted molar refractivity (Wildman–Crippen MR) is 286 cm³/mol. The number of aldehydes is 1. The number of carbonyl (C=O) groups is 2. The predicted octanol–water partition coefficient (Wildman–Crippen LogP) is 13.2. The van der Waals surface area contributed by atoms with E-state index in [4.69, 9.17) is 28.8 Å². The number of phenols is 2. The Morgan fingerprint density at radius 1 is 0.613 bits per heavy atom. The number of hydrogen-bond acceptors (Lipinski definition) is 12. The van der Waals surface area contributed by atoms with E-state index in [2.05, 4.69) is 67.8 Å². The van der Waals surface area contributed by atoms with Crippen LogP contribution in [-0.4, -0.2) is 83.4 Å². The molecule has 2 atom stereocenters. The van der Waals surface area contributed by atoms with E-state index >= 15 is 0 Å². The standard InChI is InChI=1S/C28H31NO5.C25H25NO4.C2HF3O2.C2H6.2CH4/c1-3-29(4-2)19-10-11-21-24(16-19)34-27-22(25(21)20-9-6-5-8-18(20)17-30)12-13-23(31)26(27)28-32-14-7-15-33-28;1-3-26(4-2)17-9-10-19-23(13-17)30-25-20(11-12-22(29)21(25)15-28)24(19)18-8-6-5-7-16(18)14-27;3-2(4,5)1(6)7;1-2;;/h5-6,8-13,16,25,28,30-31H,3-4,7,14-15,17H2,1-2H3;5-13,15,24,27,29H,3-4,14H2,1-2H3;(H,6,7);1-2H3;2*1H4. The maximum Gasteiger partial charge on any atom is 0.490 e. The van der Waals surface area contributed by atoms with Crippen molar-refractivity contribution in [2.24, 2.45) is 0 Å². The summed E-state index contributed by atoms with van der Waals surface area (Å²) in [5.74, 6) is -0.860. The molecule has 0 bridgehead atoms. The molecule has 0 aromatic heterocycles. The maximum absolute atomic E-state index is 11.8. The number of ether oxygens (including phenoxy) is 4. The van der Waals surface area contributed by atoms with Gasteiger partial charge in [-0.2, -0.15) is 13.2 Å². The van der Waals surface area contributed by atoms with Gasteiger partial charge in [0.05, 0.1) is 37.6 Å². The molecule has 9 rings (SSSR count). The first kappa shape index (κ1) is 60.4. The Kier molecular flexibility index (Phi) is 22.1. The van der Waals surface area contributed by atoms with Crippen LogP contribution in [0.15, 0.2) is 109 Å². The lowest BCUT2D eigenvalue weighted by atomic mass is 9.79. The number of hydrogen-bond donors (Lipinski definition) is 5. The van der Waals surface area contributed by atoms with E-state index in [0.29, 0.717) is 42.3 Å². The van der Waals surface area contributed by atoms with E-state index in [0.717, 1.165) is 94.2 Å². The highest BCUT2D eigenvalue weighted by atomic mass is 19.4. The zero-order chi connectivity index (χ0) is 53.0. The van der Waals surface area contributed by atoms with Crippen LogP contribution in [0, 0.1) is 0 Å². The summed E-state index contributed by atoms with van der Waals surface area (Å²) in [6.45, 7) is 16.9. The fourth-order valence-electron chi connectivity index (χ4n) is 9.31. The summed E-state index contributed by atoms with van der Waals surface area (Å²) in [5.41, 5.74) is 10.1. The van der Waals surface area contributed by atoms with Crippen LogP contribution in [0.5, 0.6) is 34.5 Å². The summed E-state index contributed by atoms with van der Waals surface area (Å²) in [6, 6.07) is 35.0. The van der Waals surface area contributed by atoms with Gasteiger partial charge in [-0.15, -0.1) is 0 Å². The second kappa shape index (κ2) is 27.4. The van der Waals surface area contributed by atoms with Crippen molar-refractivity contribution in [1.82, 2.24) is 0 Å². The van der Waals surface area contributed by atoms with Gasteiger partial charge in [-0.3, -0.25) is 4.79 Å². The van der Waals surface area contributed by atoms with Gasteiger partial charge in [0.15, 0.2) is 12.6 Å². The molecule has 2 unspecified atom stereocenters. The van der Waals surface area contributed by atoms with Crippen molar-refractivity contribution >= 4 is 23.6 Å². The molecule has 1 fully saturated rings. The highest BCUT2D eigenvalue weighted by Gasteiger charge is 2.39. The lowest BCUT2D eigenvalue weighted by Gasteiger charge is -2.34. The number of carboxylic acid groups (broad SMARTS) is 1. The van der Waals surface area contributed by atoms with Crippen molar-refractivity contribution in [2.45, 2.75) is 100 Å². The molecule has 13 nitrogen and oxygen atoms in total. The molecular weight excluding hydrogens is 970 g/mol. The summed E-state index contributed by atoms with van der Waals surface area (Å²) in [4.78, 5) is 25.1. The number of carbonyl (C=O) groups excluding carboxylic acids is 1. The Balaban J connectivity index is 0.000000275. The van der Waals surface area contributed by atoms with Gasteiger partial charge in [0.25, 0.3) is 0 Å². The lowest BCUT2D eigenvalue weighted by Crippen LogP contribution is -2.23. The molecule has 0 aliphatic carbocycles. The number of benzene rings is 6. The number of phenolic OH excluding ortho intramolecular Hbond substituents is 2. The molecule has 75 heavy (non-hydrogen) atoms. The normalized spacial score (nSPS) is 14.9. The number of anilines is 2. The SMILES string of the molecule is C.C.CC.CCN(CC)c1ccc2c(c1)Oc1c(ccc(O)c1C1OCCCO1)C2c1ccccc1CO.CCN(CC)c1ccc2c(c1)Oc1c(ccc(O)c1C=O)C2c1ccccc1CO.O=C(O)C(F)(F)F. The molecule has 3 aliphatic heterocycles. The summed E-state index contributed by atoms with van der Waals surface area (Å²) in [7, 11) is 0. The molecule has 5 N–H and O–H groups in total. The summed E-state index contributed by atoms with van der Waals surface area (Å²) < 4.78 is 56.2. The molecule has 6 aromatic carbocycles. The fraction of sp³-hybridized carbons (Fsp3) is 0.356. The van der Waals surface area contributed by atoms with Crippen molar-refractivity contribution < 1.29 is 67.2 Å². The smallest absolute Gasteiger partial charge is 0.490 e. The second-order valence-corrected chi connectivity index (χ2v) is 16.8. The monoisotopic (exact) mass is 1040 g/mol. The van der Waals surface area contributed by atoms with Gasteiger partial charge in [-0.05, 0) is 80.6 Å². The molecule has 6 aromatic rings. The molecule has 16 heteroatoms. The number of aromatic hydroxyl groups is 2. The quantitative estimate of drug-likeness (QED) is 0.0731. The van der Waals surface area contributed by atoms with Gasteiger partial charge in [-0.1, -0.05) is 101 Å². The first-order chi connectivity index (χ1) is 35.2. The van der Waals surface area contributed by atoms with Crippen LogP contribution in [-0.2, 0) is 27.5 Å². The molecule has 0 radical (unpaired) electrons. The van der Waals surface area contributed by atoms with E-state index in [-0.39, 0.29) is 57.0 Å². The first-order valence-corrected chi connectivity index (χ1v) is 24.4. The van der Waals surface area contributed by atoms with Gasteiger partial charge >= 0.3 is 12.1 Å². The largest absolute Gasteiger partial charge is 0.507 e. The highest BCUT2D eigenvalue weighted by molar-refractivity contribution is 5.86. The average Bonchev–Trinajstić information content (AvgIpc) is 3.41. The van der Waals surface area contributed by atoms with Crippen LogP contribution in [0.1, 0.15) is 141 Å². The minimum absolute atomic E-state index is 0. The average molecular weight is 1040 g/mol. The number of carboxylic acids is 1. The van der Waals surface area contributed by atoms with E-state index < -0.39 is 18.4 Å². The van der Waals surface area contributed by atoms with Crippen molar-refractivity contribution in [1.29, 1.82) is 0 Å². The third-order valence-corrected chi connectivity index (χ3v) is 12.8. The Morgan fingerprint density at radius 3 is 1.43 bits per heavy atom. The zero-order valence-electron chi connectivity index (χ0n) is 41.8. The molecule has 0 spiro atoms. The number of rotatable bonds is 12. The Morgan fingerprint density at radius 2 is 1.01 bits per heavy atom. The van der Waals surface area contributed by atoms with Crippen molar-refractivity contribution in [3.05, 3.63) is 165 Å². The third kappa shape index (κ3) is 13.1. The number of fused-ring (bicyclic) bond motifs is 4. The van der Waals surface area contributed by atoms with Crippen LogP contribution >= 0.6 is 0 Å². The van der Waals surface area contributed by atoms with Crippen molar-refractivity contribution in [3.63, 3.8) is 0 Å². The van der Waals surface area contributed by atoms with Crippen molar-refractivity contribution in [2.75, 3.05) is 49.2 Å². The van der Waals surface area contributed by atoms with E-state index in [1.807, 2.05) is 74.5 Å². The molecule has 0 amide bonds. The number of aliphatic hydroxyl groups excluding tert-OH is 2. The minimum atomic E-state index is -5.08. The number of alkyl halides is 3. The van der Waals surface area contributed by atoms with Crippen LogP contribution < -0.4 is 19.3 Å². The molecule has 3 heterocycles. The van der Waals surface area contributed by atoms with Crippen molar-refractivity contribution in [3.8, 4) is 34.5 Å². The second-order valence-electron chi connectivity index (χ2n) is 16.8. The summed E-state index contributed by atoms with van der Waals surface area (Å²) >= 11 is 0. The number of aliphatic carboxylic acids is 1. The summed E-state index contributed by atoms with van der Waals surface area (Å²) in [6.07, 6.45) is -4.33. The third-order valence-electron chi connectivity index (χ3n) is 12.8. The highest BCUT2D eigenvalue weighted by Crippen LogP contribution is 2.54. The summed E-state index contributed by atoms with van der Waals surface area (Å²) in [5, 5.41) is 48.3. The zero-order valence-corrected chi connectivity index (χ0v) is 41.8. The Labute approximate surface area is 438 Å². The number of nitrogens with zero attached hydrogens (tertiary/aromatic N) is 2. The van der Waals surface area contributed by atoms with Gasteiger partial charge < -0.3 is 54.3 Å². The van der Waals surface area contributed by atoms with Gasteiger partial charge in [0.2, 0.25) is 0 Å². The molecule has 1 saturated heterocycles. The molecular formula is C59H71F3N2O11. The number of halogens is 3. The topological polar surface area (TPSA) is 179 Å². The van der Waals surface area contributed by atoms with Gasteiger partial charge in [0.1, 0.15) is 34.5 Å². The minimum Gasteiger partial charge on any atom is -0.507 e. The number of aliphatic hydroxyl groups is 2. The molecule has 3 aliphatic rings. The van der Waals surface area contributed by atoms with Crippen LogP contribution in [0.2, 0.25) is 0 Å². The van der Waals surface area contributed by atoms with E-state index in [1.165, 1.54) is 6.07 Å². The first-order valence-electron chi connectivity index (χ1n) is 24.4. The lowest BCUT2D eigenvalue weighted by molar-refractivity contribution is -0.192. The van der Waals surface area contributed by atoms with E-state index in [9.17, 15) is 38.4 Å². The van der Waals surface area contributed by atoms with Gasteiger partial charge in [-0.25, -0.2) is 4.79 Å². The van der Waals surface area contributed by atoms with E-state index in [1.54, 1.807) is 12.1 Å². The van der Waals surface area contributed by atoms with Crippen LogP contribution in [0.3, 0.4) is 0 Å². The fourth-order valence-corrected chi connectivity index (χ4v) is 9.31. The van der Waals surface area contributed by atoms with Gasteiger partial charge in [0, 0.05) is 83.8 Å². The molecule has 0 saturated carbocycles. The van der Waals surface area contributed by atoms with Crippen LogP contribution in [0.25, 0.3) is 0 Å². The molecule has 404 valence electrons. The Bertz CT molecular complexity index is 2840. The van der Waals surface area contributed by atoms with Crippen LogP contribution in [0.4, 0.5) is 24.5 Å². The maximum atomic E-state index is 11.8. The Hall–Kier alpha value is -7.11.